The minimum absolute atomic E-state index is 0.0649. The largest absolute Gasteiger partial charge is 0.480 e. The number of fused-ring (bicyclic) bond motifs is 3. The van der Waals surface area contributed by atoms with Gasteiger partial charge in [-0.15, -0.1) is 0 Å². The first-order valence-corrected chi connectivity index (χ1v) is 10.4. The molecule has 1 aliphatic carbocycles. The van der Waals surface area contributed by atoms with Crippen molar-refractivity contribution in [1.82, 2.24) is 19.4 Å². The Kier molecular flexibility index (Phi) is 4.58. The summed E-state index contributed by atoms with van der Waals surface area (Å²) in [5.41, 5.74) is 2.08. The van der Waals surface area contributed by atoms with Crippen LogP contribution in [0.1, 0.15) is 49.3 Å². The fourth-order valence-electron chi connectivity index (χ4n) is 4.65. The van der Waals surface area contributed by atoms with Gasteiger partial charge in [0.2, 0.25) is 11.5 Å². The SMILES string of the molecule is CCOc1nc(C(=O)Nc2cccnc2OC)cn2cc([C@@]34CC[C@@](C)(C3)OC4)nc12. The van der Waals surface area contributed by atoms with Crippen molar-refractivity contribution < 1.29 is 19.0 Å². The number of hydrogen-bond donors (Lipinski definition) is 1. The fourth-order valence-corrected chi connectivity index (χ4v) is 4.65. The molecule has 1 amide bonds. The molecule has 3 aromatic rings. The molecule has 162 valence electrons. The Balaban J connectivity index is 1.52. The predicted molar refractivity (Wildman–Crippen MR) is 113 cm³/mol. The standard InChI is InChI=1S/C22H25N5O4/c1-4-30-20-17-26-16(22-8-7-21(2,12-22)31-13-22)11-27(17)10-15(25-20)18(28)24-14-6-5-9-23-19(14)29-3/h5-6,9-11H,4,7-8,12-13H2,1-3H3,(H,24,28)/t21-,22-/m0/s1. The van der Waals surface area contributed by atoms with Crippen molar-refractivity contribution in [2.45, 2.75) is 44.1 Å². The predicted octanol–water partition coefficient (Wildman–Crippen LogP) is 2.99. The van der Waals surface area contributed by atoms with Crippen LogP contribution in [0.3, 0.4) is 0 Å². The zero-order valence-electron chi connectivity index (χ0n) is 17.8. The van der Waals surface area contributed by atoms with Crippen LogP contribution in [0.25, 0.3) is 5.65 Å². The molecule has 2 aliphatic rings. The minimum Gasteiger partial charge on any atom is -0.480 e. The second kappa shape index (κ2) is 7.19. The first kappa shape index (κ1) is 19.7. The van der Waals surface area contributed by atoms with Crippen LogP contribution in [0.4, 0.5) is 5.69 Å². The third-order valence-electron chi connectivity index (χ3n) is 6.22. The quantitative estimate of drug-likeness (QED) is 0.650. The molecular weight excluding hydrogens is 398 g/mol. The van der Waals surface area contributed by atoms with E-state index in [1.54, 1.807) is 24.5 Å². The van der Waals surface area contributed by atoms with E-state index in [4.69, 9.17) is 19.2 Å². The molecule has 31 heavy (non-hydrogen) atoms. The van der Waals surface area contributed by atoms with Crippen molar-refractivity contribution in [3.8, 4) is 11.8 Å². The third kappa shape index (κ3) is 3.29. The van der Waals surface area contributed by atoms with Gasteiger partial charge in [-0.2, -0.15) is 0 Å². The molecule has 3 aromatic heterocycles. The highest BCUT2D eigenvalue weighted by Crippen LogP contribution is 2.53. The lowest BCUT2D eigenvalue weighted by molar-refractivity contribution is -0.00627. The van der Waals surface area contributed by atoms with Crippen molar-refractivity contribution in [2.75, 3.05) is 25.6 Å². The van der Waals surface area contributed by atoms with E-state index in [9.17, 15) is 4.79 Å². The summed E-state index contributed by atoms with van der Waals surface area (Å²) >= 11 is 0. The lowest BCUT2D eigenvalue weighted by atomic mass is 9.84. The highest BCUT2D eigenvalue weighted by Gasteiger charge is 2.55. The second-order valence-electron chi connectivity index (χ2n) is 8.43. The van der Waals surface area contributed by atoms with Gasteiger partial charge in [0.05, 0.1) is 31.6 Å². The van der Waals surface area contributed by atoms with Gasteiger partial charge in [-0.3, -0.25) is 9.20 Å². The number of anilines is 1. The zero-order valence-corrected chi connectivity index (χ0v) is 17.8. The number of pyridine rings is 1. The van der Waals surface area contributed by atoms with Crippen LogP contribution in [-0.2, 0) is 10.2 Å². The molecule has 1 saturated heterocycles. The smallest absolute Gasteiger partial charge is 0.276 e. The van der Waals surface area contributed by atoms with Gasteiger partial charge in [0.15, 0.2) is 0 Å². The van der Waals surface area contributed by atoms with Gasteiger partial charge >= 0.3 is 0 Å². The topological polar surface area (TPSA) is 99.9 Å². The average molecular weight is 423 g/mol. The Morgan fingerprint density at radius 1 is 1.29 bits per heavy atom. The number of nitrogens with one attached hydrogen (secondary N) is 1. The number of nitrogens with zero attached hydrogens (tertiary/aromatic N) is 4. The van der Waals surface area contributed by atoms with Crippen molar-refractivity contribution in [3.05, 3.63) is 42.1 Å². The van der Waals surface area contributed by atoms with Crippen LogP contribution in [-0.4, -0.2) is 51.2 Å². The number of carbonyl (C=O) groups is 1. The number of hydrogen-bond acceptors (Lipinski definition) is 7. The first-order chi connectivity index (χ1) is 15.0. The van der Waals surface area contributed by atoms with Crippen molar-refractivity contribution >= 4 is 17.2 Å². The van der Waals surface area contributed by atoms with E-state index < -0.39 is 0 Å². The van der Waals surface area contributed by atoms with Gasteiger partial charge in [0.1, 0.15) is 11.4 Å². The number of ether oxygens (including phenoxy) is 3. The molecule has 2 bridgehead atoms. The molecule has 0 spiro atoms. The normalized spacial score (nSPS) is 24.5. The molecule has 0 unspecified atom stereocenters. The molecule has 1 aliphatic heterocycles. The minimum atomic E-state index is -0.389. The number of amides is 1. The molecule has 5 rings (SSSR count). The zero-order chi connectivity index (χ0) is 21.6. The number of carbonyl (C=O) groups excluding carboxylic acids is 1. The summed E-state index contributed by atoms with van der Waals surface area (Å²) in [4.78, 5) is 26.4. The molecule has 0 aromatic carbocycles. The highest BCUT2D eigenvalue weighted by atomic mass is 16.5. The summed E-state index contributed by atoms with van der Waals surface area (Å²) in [5, 5.41) is 2.81. The molecule has 1 saturated carbocycles. The summed E-state index contributed by atoms with van der Waals surface area (Å²) in [6.45, 7) is 5.12. The van der Waals surface area contributed by atoms with E-state index in [-0.39, 0.29) is 22.6 Å². The first-order valence-electron chi connectivity index (χ1n) is 10.4. The van der Waals surface area contributed by atoms with E-state index in [1.165, 1.54) is 7.11 Å². The van der Waals surface area contributed by atoms with Crippen LogP contribution < -0.4 is 14.8 Å². The van der Waals surface area contributed by atoms with Gasteiger partial charge in [-0.05, 0) is 45.2 Å². The van der Waals surface area contributed by atoms with E-state index in [0.29, 0.717) is 36.3 Å². The molecule has 9 nitrogen and oxygen atoms in total. The molecular formula is C22H25N5O4. The van der Waals surface area contributed by atoms with Gasteiger partial charge in [-0.1, -0.05) is 0 Å². The maximum atomic E-state index is 12.9. The molecule has 4 heterocycles. The molecule has 2 fully saturated rings. The van der Waals surface area contributed by atoms with Crippen LogP contribution in [0.5, 0.6) is 11.8 Å². The second-order valence-corrected chi connectivity index (χ2v) is 8.43. The fraction of sp³-hybridized carbons (Fsp3) is 0.455. The Bertz CT molecular complexity index is 1150. The van der Waals surface area contributed by atoms with Crippen LogP contribution >= 0.6 is 0 Å². The molecule has 1 N–H and O–H groups in total. The summed E-state index contributed by atoms with van der Waals surface area (Å²) in [6.07, 6.45) is 8.26. The summed E-state index contributed by atoms with van der Waals surface area (Å²) in [7, 11) is 1.50. The van der Waals surface area contributed by atoms with Crippen molar-refractivity contribution in [3.63, 3.8) is 0 Å². The molecule has 2 atom stereocenters. The van der Waals surface area contributed by atoms with E-state index >= 15 is 0 Å². The van der Waals surface area contributed by atoms with Gasteiger partial charge in [-0.25, -0.2) is 15.0 Å². The summed E-state index contributed by atoms with van der Waals surface area (Å²) in [6, 6.07) is 3.44. The monoisotopic (exact) mass is 423 g/mol. The number of methoxy groups -OCH3 is 1. The molecule has 9 heteroatoms. The maximum Gasteiger partial charge on any atom is 0.276 e. The summed E-state index contributed by atoms with van der Waals surface area (Å²) < 4.78 is 18.8. The van der Waals surface area contributed by atoms with E-state index in [1.807, 2.05) is 17.5 Å². The van der Waals surface area contributed by atoms with Gasteiger partial charge in [0, 0.05) is 24.0 Å². The summed E-state index contributed by atoms with van der Waals surface area (Å²) in [5.74, 6) is 0.271. The highest BCUT2D eigenvalue weighted by molar-refractivity contribution is 6.03. The van der Waals surface area contributed by atoms with Crippen LogP contribution in [0.15, 0.2) is 30.7 Å². The average Bonchev–Trinajstić information content (AvgIpc) is 3.45. The maximum absolute atomic E-state index is 12.9. The molecule has 0 radical (unpaired) electrons. The number of rotatable bonds is 6. The number of imidazole rings is 1. The van der Waals surface area contributed by atoms with Crippen LogP contribution in [0, 0.1) is 0 Å². The van der Waals surface area contributed by atoms with E-state index in [0.717, 1.165) is 25.0 Å². The van der Waals surface area contributed by atoms with Gasteiger partial charge in [0.25, 0.3) is 11.8 Å². The lowest BCUT2D eigenvalue weighted by Crippen LogP contribution is -2.26. The van der Waals surface area contributed by atoms with Gasteiger partial charge < -0.3 is 19.5 Å². The Morgan fingerprint density at radius 2 is 2.16 bits per heavy atom. The Labute approximate surface area is 179 Å². The third-order valence-corrected chi connectivity index (χ3v) is 6.22. The lowest BCUT2D eigenvalue weighted by Gasteiger charge is -2.24. The Morgan fingerprint density at radius 3 is 2.84 bits per heavy atom. The van der Waals surface area contributed by atoms with Crippen molar-refractivity contribution in [1.29, 1.82) is 0 Å². The Hall–Kier alpha value is -3.20. The van der Waals surface area contributed by atoms with E-state index in [2.05, 4.69) is 22.2 Å². The number of aromatic nitrogens is 4. The van der Waals surface area contributed by atoms with Crippen LogP contribution in [0.2, 0.25) is 0 Å². The van der Waals surface area contributed by atoms with Crippen molar-refractivity contribution in [2.24, 2.45) is 0 Å².